The molecular weight excluding hydrogens is 392 g/mol. The number of piperazine rings is 1. The van der Waals surface area contributed by atoms with Gasteiger partial charge in [0.25, 0.3) is 0 Å². The second-order valence-electron chi connectivity index (χ2n) is 7.13. The summed E-state index contributed by atoms with van der Waals surface area (Å²) in [6.45, 7) is 10.2. The second kappa shape index (κ2) is 7.39. The molecule has 0 saturated carbocycles. The van der Waals surface area contributed by atoms with Crippen molar-refractivity contribution >= 4 is 33.5 Å². The maximum Gasteiger partial charge on any atom is 0.227 e. The predicted molar refractivity (Wildman–Crippen MR) is 109 cm³/mol. The Morgan fingerprint density at radius 3 is 2.23 bits per heavy atom. The Bertz CT molecular complexity index is 782. The minimum Gasteiger partial charge on any atom is -0.353 e. The summed E-state index contributed by atoms with van der Waals surface area (Å²) < 4.78 is 1.03. The van der Waals surface area contributed by atoms with Gasteiger partial charge in [0.2, 0.25) is 5.95 Å². The van der Waals surface area contributed by atoms with Gasteiger partial charge in [-0.1, -0.05) is 0 Å². The zero-order valence-electron chi connectivity index (χ0n) is 15.5. The summed E-state index contributed by atoms with van der Waals surface area (Å²) in [5, 5.41) is 0. The highest BCUT2D eigenvalue weighted by atomic mass is 79.9. The molecule has 138 valence electrons. The zero-order chi connectivity index (χ0) is 18.1. The van der Waals surface area contributed by atoms with Crippen molar-refractivity contribution < 1.29 is 0 Å². The van der Waals surface area contributed by atoms with Gasteiger partial charge in [0, 0.05) is 61.7 Å². The molecule has 4 heterocycles. The Morgan fingerprint density at radius 2 is 1.54 bits per heavy atom. The summed E-state index contributed by atoms with van der Waals surface area (Å²) in [6, 6.07) is 4.24. The molecule has 2 aromatic rings. The van der Waals surface area contributed by atoms with Crippen LogP contribution in [0.15, 0.2) is 22.8 Å². The topological polar surface area (TPSA) is 48.4 Å². The molecule has 0 amide bonds. The van der Waals surface area contributed by atoms with Crippen molar-refractivity contribution in [1.82, 2.24) is 15.0 Å². The lowest BCUT2D eigenvalue weighted by Gasteiger charge is -2.37. The lowest BCUT2D eigenvalue weighted by Crippen LogP contribution is -2.47. The van der Waals surface area contributed by atoms with Crippen LogP contribution in [0.5, 0.6) is 0 Å². The van der Waals surface area contributed by atoms with Crippen molar-refractivity contribution in [1.29, 1.82) is 0 Å². The van der Waals surface area contributed by atoms with E-state index in [1.165, 1.54) is 18.4 Å². The molecule has 2 aliphatic heterocycles. The number of anilines is 3. The number of halogens is 1. The molecule has 0 aliphatic carbocycles. The van der Waals surface area contributed by atoms with Crippen molar-refractivity contribution in [3.63, 3.8) is 0 Å². The molecule has 2 aromatic heterocycles. The second-order valence-corrected chi connectivity index (χ2v) is 8.05. The molecule has 0 unspecified atom stereocenters. The molecule has 4 rings (SSSR count). The summed E-state index contributed by atoms with van der Waals surface area (Å²) in [5.41, 5.74) is 2.26. The minimum absolute atomic E-state index is 0.894. The van der Waals surface area contributed by atoms with E-state index in [-0.39, 0.29) is 0 Å². The number of aryl methyl sites for hydroxylation is 2. The van der Waals surface area contributed by atoms with Crippen molar-refractivity contribution in [2.75, 3.05) is 54.0 Å². The van der Waals surface area contributed by atoms with Crippen molar-refractivity contribution in [3.8, 4) is 0 Å². The fourth-order valence-corrected chi connectivity index (χ4v) is 4.21. The third kappa shape index (κ3) is 3.63. The van der Waals surface area contributed by atoms with Crippen LogP contribution in [0.1, 0.15) is 24.1 Å². The average molecular weight is 417 g/mol. The van der Waals surface area contributed by atoms with Crippen molar-refractivity contribution in [2.45, 2.75) is 26.7 Å². The molecular formula is C19H25BrN6. The molecule has 6 nitrogen and oxygen atoms in total. The fraction of sp³-hybridized carbons (Fsp3) is 0.526. The fourth-order valence-electron chi connectivity index (χ4n) is 3.77. The van der Waals surface area contributed by atoms with Crippen LogP contribution in [0.25, 0.3) is 0 Å². The van der Waals surface area contributed by atoms with E-state index in [1.54, 1.807) is 0 Å². The number of rotatable bonds is 3. The number of hydrogen-bond donors (Lipinski definition) is 0. The van der Waals surface area contributed by atoms with Gasteiger partial charge in [-0.2, -0.15) is 4.98 Å². The molecule has 26 heavy (non-hydrogen) atoms. The quantitative estimate of drug-likeness (QED) is 0.765. The zero-order valence-corrected chi connectivity index (χ0v) is 17.0. The summed E-state index contributed by atoms with van der Waals surface area (Å²) in [7, 11) is 0. The van der Waals surface area contributed by atoms with Crippen LogP contribution in [0.3, 0.4) is 0 Å². The Morgan fingerprint density at radius 1 is 0.846 bits per heavy atom. The van der Waals surface area contributed by atoms with E-state index in [0.29, 0.717) is 0 Å². The molecule has 2 aliphatic rings. The molecule has 0 atom stereocenters. The standard InChI is InChI=1S/C19H25BrN6/c1-14-11-16(20)13-21-18(14)25-9-7-24(8-10-25)17-12-15(2)22-19(23-17)26-5-3-4-6-26/h11-13H,3-10H2,1-2H3. The third-order valence-electron chi connectivity index (χ3n) is 5.14. The van der Waals surface area contributed by atoms with Crippen LogP contribution in [0.2, 0.25) is 0 Å². The molecule has 0 aromatic carbocycles. The van der Waals surface area contributed by atoms with E-state index in [2.05, 4.69) is 66.6 Å². The van der Waals surface area contributed by atoms with Gasteiger partial charge in [-0.05, 0) is 54.2 Å². The van der Waals surface area contributed by atoms with Gasteiger partial charge in [-0.25, -0.2) is 9.97 Å². The number of nitrogens with zero attached hydrogens (tertiary/aromatic N) is 6. The number of pyridine rings is 1. The minimum atomic E-state index is 0.894. The molecule has 0 N–H and O–H groups in total. The first-order valence-corrected chi connectivity index (χ1v) is 10.1. The first-order valence-electron chi connectivity index (χ1n) is 9.33. The van der Waals surface area contributed by atoms with E-state index >= 15 is 0 Å². The Labute approximate surface area is 163 Å². The van der Waals surface area contributed by atoms with Crippen molar-refractivity contribution in [3.05, 3.63) is 34.1 Å². The molecule has 2 saturated heterocycles. The molecule has 0 bridgehead atoms. The highest BCUT2D eigenvalue weighted by Gasteiger charge is 2.22. The first kappa shape index (κ1) is 17.5. The van der Waals surface area contributed by atoms with Gasteiger partial charge in [0.15, 0.2) is 0 Å². The predicted octanol–water partition coefficient (Wildman–Crippen LogP) is 3.18. The highest BCUT2D eigenvalue weighted by Crippen LogP contribution is 2.25. The summed E-state index contributed by atoms with van der Waals surface area (Å²) in [6.07, 6.45) is 4.36. The maximum atomic E-state index is 4.87. The van der Waals surface area contributed by atoms with E-state index in [9.17, 15) is 0 Å². The average Bonchev–Trinajstić information content (AvgIpc) is 3.16. The molecule has 7 heteroatoms. The smallest absolute Gasteiger partial charge is 0.227 e. The maximum absolute atomic E-state index is 4.87. The van der Waals surface area contributed by atoms with Gasteiger partial charge in [-0.3, -0.25) is 0 Å². The van der Waals surface area contributed by atoms with Crippen molar-refractivity contribution in [2.24, 2.45) is 0 Å². The van der Waals surface area contributed by atoms with Crippen LogP contribution in [-0.2, 0) is 0 Å². The summed E-state index contributed by atoms with van der Waals surface area (Å²) in [4.78, 5) is 21.2. The normalized spacial score (nSPS) is 17.9. The highest BCUT2D eigenvalue weighted by molar-refractivity contribution is 9.10. The lowest BCUT2D eigenvalue weighted by atomic mass is 10.2. The Balaban J connectivity index is 1.47. The van der Waals surface area contributed by atoms with E-state index in [0.717, 1.165) is 67.0 Å². The summed E-state index contributed by atoms with van der Waals surface area (Å²) in [5.74, 6) is 3.04. The largest absolute Gasteiger partial charge is 0.353 e. The van der Waals surface area contributed by atoms with Gasteiger partial charge in [-0.15, -0.1) is 0 Å². The van der Waals surface area contributed by atoms with Crippen LogP contribution < -0.4 is 14.7 Å². The third-order valence-corrected chi connectivity index (χ3v) is 5.57. The monoisotopic (exact) mass is 416 g/mol. The number of hydrogen-bond acceptors (Lipinski definition) is 6. The van der Waals surface area contributed by atoms with Gasteiger partial charge < -0.3 is 14.7 Å². The number of aromatic nitrogens is 3. The SMILES string of the molecule is Cc1cc(N2CCN(c3ncc(Br)cc3C)CC2)nc(N2CCCC2)n1. The van der Waals surface area contributed by atoms with Gasteiger partial charge >= 0.3 is 0 Å². The van der Waals surface area contributed by atoms with Crippen LogP contribution in [0, 0.1) is 13.8 Å². The molecule has 0 spiro atoms. The molecule has 2 fully saturated rings. The Kier molecular flexibility index (Phi) is 4.98. The van der Waals surface area contributed by atoms with Gasteiger partial charge in [0.05, 0.1) is 0 Å². The Hall–Kier alpha value is -1.89. The summed E-state index contributed by atoms with van der Waals surface area (Å²) >= 11 is 3.49. The van der Waals surface area contributed by atoms with E-state index in [1.807, 2.05) is 6.20 Å². The van der Waals surface area contributed by atoms with Crippen LogP contribution >= 0.6 is 15.9 Å². The van der Waals surface area contributed by atoms with Crippen LogP contribution in [-0.4, -0.2) is 54.2 Å². The van der Waals surface area contributed by atoms with Crippen LogP contribution in [0.4, 0.5) is 17.6 Å². The van der Waals surface area contributed by atoms with Gasteiger partial charge in [0.1, 0.15) is 11.6 Å². The van der Waals surface area contributed by atoms with E-state index in [4.69, 9.17) is 4.98 Å². The van der Waals surface area contributed by atoms with E-state index < -0.39 is 0 Å². The first-order chi connectivity index (χ1) is 12.6. The molecule has 0 radical (unpaired) electrons. The lowest BCUT2D eigenvalue weighted by molar-refractivity contribution is 0.638.